The van der Waals surface area contributed by atoms with Crippen LogP contribution >= 0.6 is 45.3 Å². The summed E-state index contributed by atoms with van der Waals surface area (Å²) in [6, 6.07) is 17.8. The summed E-state index contributed by atoms with van der Waals surface area (Å²) in [7, 11) is 0. The standard InChI is InChI=1S/C28H16N6S4/c1-5-19-21(33(23-9-29-13-35-23)24-10-30-14-36-24)8-4-18-2-6-20-22(7-3-17(1)27(20)28(18)19)34(25-11-31-15-37-25)26-12-32-16-38-26/h1-16H. The summed E-state index contributed by atoms with van der Waals surface area (Å²) in [5.41, 5.74) is 9.73. The summed E-state index contributed by atoms with van der Waals surface area (Å²) < 4.78 is 0. The van der Waals surface area contributed by atoms with Crippen molar-refractivity contribution in [2.45, 2.75) is 0 Å². The summed E-state index contributed by atoms with van der Waals surface area (Å²) in [5.74, 6) is 0. The number of thiazole rings is 4. The maximum Gasteiger partial charge on any atom is 0.121 e. The van der Waals surface area contributed by atoms with Crippen LogP contribution in [-0.4, -0.2) is 19.9 Å². The Bertz CT molecular complexity index is 1770. The molecule has 0 bridgehead atoms. The molecule has 0 atom stereocenters. The lowest BCUT2D eigenvalue weighted by atomic mass is 9.92. The van der Waals surface area contributed by atoms with Gasteiger partial charge in [0.05, 0.1) is 58.2 Å². The van der Waals surface area contributed by atoms with Crippen molar-refractivity contribution < 1.29 is 0 Å². The lowest BCUT2D eigenvalue weighted by Gasteiger charge is -2.26. The van der Waals surface area contributed by atoms with E-state index in [-0.39, 0.29) is 0 Å². The highest BCUT2D eigenvalue weighted by Gasteiger charge is 2.23. The first kappa shape index (κ1) is 22.1. The molecule has 4 aromatic heterocycles. The van der Waals surface area contributed by atoms with Crippen molar-refractivity contribution in [3.05, 3.63) is 95.4 Å². The van der Waals surface area contributed by atoms with Crippen LogP contribution in [0.15, 0.2) is 95.4 Å². The van der Waals surface area contributed by atoms with Gasteiger partial charge in [-0.05, 0) is 33.7 Å². The first-order valence-electron chi connectivity index (χ1n) is 11.7. The first-order chi connectivity index (χ1) is 18.9. The number of hydrogen-bond donors (Lipinski definition) is 0. The van der Waals surface area contributed by atoms with Crippen LogP contribution in [0, 0.1) is 0 Å². The molecule has 0 saturated heterocycles. The summed E-state index contributed by atoms with van der Waals surface area (Å²) >= 11 is 6.50. The molecule has 10 heteroatoms. The fourth-order valence-electron chi connectivity index (χ4n) is 5.13. The average Bonchev–Trinajstić information content (AvgIpc) is 3.78. The lowest BCUT2D eigenvalue weighted by Crippen LogP contribution is -2.08. The minimum Gasteiger partial charge on any atom is -0.290 e. The summed E-state index contributed by atoms with van der Waals surface area (Å²) in [6.07, 6.45) is 7.68. The Morgan fingerprint density at radius 3 is 1.08 bits per heavy atom. The normalized spacial score (nSPS) is 11.7. The van der Waals surface area contributed by atoms with E-state index in [9.17, 15) is 0 Å². The molecule has 6 nitrogen and oxygen atoms in total. The molecule has 0 saturated carbocycles. The number of nitrogens with zero attached hydrogens (tertiary/aromatic N) is 6. The molecule has 0 aliphatic rings. The highest BCUT2D eigenvalue weighted by molar-refractivity contribution is 7.16. The molecule has 0 unspecified atom stereocenters. The van der Waals surface area contributed by atoms with E-state index in [1.165, 1.54) is 32.3 Å². The molecular weight excluding hydrogens is 549 g/mol. The van der Waals surface area contributed by atoms with Gasteiger partial charge in [-0.3, -0.25) is 29.7 Å². The van der Waals surface area contributed by atoms with E-state index >= 15 is 0 Å². The minimum atomic E-state index is 1.06. The van der Waals surface area contributed by atoms with Gasteiger partial charge in [-0.2, -0.15) is 0 Å². The molecule has 0 aliphatic carbocycles. The van der Waals surface area contributed by atoms with Gasteiger partial charge in [0.25, 0.3) is 0 Å². The molecule has 0 N–H and O–H groups in total. The molecule has 0 aliphatic heterocycles. The van der Waals surface area contributed by atoms with E-state index in [0.29, 0.717) is 0 Å². The van der Waals surface area contributed by atoms with E-state index in [4.69, 9.17) is 0 Å². The van der Waals surface area contributed by atoms with Gasteiger partial charge >= 0.3 is 0 Å². The molecule has 4 heterocycles. The Morgan fingerprint density at radius 2 is 0.763 bits per heavy atom. The van der Waals surface area contributed by atoms with Crippen molar-refractivity contribution in [1.82, 2.24) is 19.9 Å². The smallest absolute Gasteiger partial charge is 0.121 e. The quantitative estimate of drug-likeness (QED) is 0.188. The Balaban J connectivity index is 1.43. The van der Waals surface area contributed by atoms with E-state index < -0.39 is 0 Å². The number of benzene rings is 4. The second kappa shape index (κ2) is 8.81. The lowest BCUT2D eigenvalue weighted by molar-refractivity contribution is 1.31. The Hall–Kier alpha value is -3.96. The average molecular weight is 565 g/mol. The second-order valence-electron chi connectivity index (χ2n) is 8.62. The van der Waals surface area contributed by atoms with Gasteiger partial charge in [0.1, 0.15) is 20.0 Å². The van der Waals surface area contributed by atoms with Gasteiger partial charge in [-0.25, -0.2) is 0 Å². The van der Waals surface area contributed by atoms with Crippen LogP contribution in [0.4, 0.5) is 31.4 Å². The largest absolute Gasteiger partial charge is 0.290 e. The van der Waals surface area contributed by atoms with Gasteiger partial charge in [0.15, 0.2) is 0 Å². The van der Waals surface area contributed by atoms with Crippen molar-refractivity contribution >= 4 is 109 Å². The Labute approximate surface area is 233 Å². The van der Waals surface area contributed by atoms with E-state index in [2.05, 4.69) is 78.3 Å². The van der Waals surface area contributed by atoms with Crippen molar-refractivity contribution in [2.75, 3.05) is 9.80 Å². The molecule has 4 aromatic carbocycles. The van der Waals surface area contributed by atoms with Crippen molar-refractivity contribution in [2.24, 2.45) is 0 Å². The summed E-state index contributed by atoms with van der Waals surface area (Å²) in [5, 5.41) is 11.6. The fraction of sp³-hybridized carbons (Fsp3) is 0. The molecule has 8 aromatic rings. The van der Waals surface area contributed by atoms with Crippen LogP contribution in [0.2, 0.25) is 0 Å². The SMILES string of the molecule is c1ncc(N(c2cncs2)c2ccc3ccc4c(N(c5cncs5)c5cncs5)ccc5ccc2c3c54)s1. The van der Waals surface area contributed by atoms with Gasteiger partial charge in [0.2, 0.25) is 0 Å². The van der Waals surface area contributed by atoms with E-state index in [1.807, 2.05) is 46.8 Å². The third-order valence-corrected chi connectivity index (χ3v) is 9.69. The second-order valence-corrected chi connectivity index (χ2v) is 12.1. The zero-order chi connectivity index (χ0) is 25.1. The first-order valence-corrected chi connectivity index (χ1v) is 15.2. The Kier molecular flexibility index (Phi) is 5.12. The highest BCUT2D eigenvalue weighted by atomic mass is 32.1. The summed E-state index contributed by atoms with van der Waals surface area (Å²) in [4.78, 5) is 22.0. The number of anilines is 6. The molecule has 0 spiro atoms. The maximum atomic E-state index is 4.37. The fourth-order valence-corrected chi connectivity index (χ4v) is 7.86. The molecule has 38 heavy (non-hydrogen) atoms. The van der Waals surface area contributed by atoms with Gasteiger partial charge in [-0.15, -0.1) is 45.3 Å². The number of hydrogen-bond acceptors (Lipinski definition) is 10. The van der Waals surface area contributed by atoms with Gasteiger partial charge in [0, 0.05) is 10.8 Å². The van der Waals surface area contributed by atoms with Crippen molar-refractivity contribution in [3.8, 4) is 0 Å². The highest BCUT2D eigenvalue weighted by Crippen LogP contribution is 2.48. The van der Waals surface area contributed by atoms with E-state index in [0.717, 1.165) is 31.4 Å². The third-order valence-electron chi connectivity index (χ3n) is 6.66. The molecule has 0 amide bonds. The van der Waals surface area contributed by atoms with Crippen LogP contribution in [-0.2, 0) is 0 Å². The topological polar surface area (TPSA) is 58.0 Å². The van der Waals surface area contributed by atoms with Crippen LogP contribution in [0.25, 0.3) is 32.3 Å². The zero-order valence-electron chi connectivity index (χ0n) is 19.6. The number of aromatic nitrogens is 4. The van der Waals surface area contributed by atoms with Crippen LogP contribution in [0.3, 0.4) is 0 Å². The third kappa shape index (κ3) is 3.35. The van der Waals surface area contributed by atoms with Gasteiger partial charge < -0.3 is 0 Å². The molecular formula is C28H16N6S4. The van der Waals surface area contributed by atoms with Crippen molar-refractivity contribution in [1.29, 1.82) is 0 Å². The van der Waals surface area contributed by atoms with Crippen LogP contribution < -0.4 is 9.80 Å². The number of rotatable bonds is 6. The maximum absolute atomic E-state index is 4.37. The predicted molar refractivity (Wildman–Crippen MR) is 162 cm³/mol. The minimum absolute atomic E-state index is 1.06. The predicted octanol–water partition coefficient (Wildman–Crippen LogP) is 9.35. The molecule has 0 fully saturated rings. The van der Waals surface area contributed by atoms with Crippen molar-refractivity contribution in [3.63, 3.8) is 0 Å². The zero-order valence-corrected chi connectivity index (χ0v) is 22.8. The van der Waals surface area contributed by atoms with Gasteiger partial charge in [-0.1, -0.05) is 36.4 Å². The molecule has 0 radical (unpaired) electrons. The van der Waals surface area contributed by atoms with E-state index in [1.54, 1.807) is 45.3 Å². The van der Waals surface area contributed by atoms with Crippen LogP contribution in [0.5, 0.6) is 0 Å². The van der Waals surface area contributed by atoms with Crippen LogP contribution in [0.1, 0.15) is 0 Å². The molecule has 8 rings (SSSR count). The molecule has 182 valence electrons. The monoisotopic (exact) mass is 564 g/mol. The summed E-state index contributed by atoms with van der Waals surface area (Å²) in [6.45, 7) is 0. The Morgan fingerprint density at radius 1 is 0.421 bits per heavy atom.